The van der Waals surface area contributed by atoms with E-state index in [0.717, 1.165) is 18.7 Å². The molecule has 0 saturated carbocycles. The van der Waals surface area contributed by atoms with E-state index in [-0.39, 0.29) is 23.2 Å². The van der Waals surface area contributed by atoms with E-state index in [0.29, 0.717) is 37.0 Å². The number of fused-ring (bicyclic) bond motifs is 1. The summed E-state index contributed by atoms with van der Waals surface area (Å²) >= 11 is 0. The zero-order valence-corrected chi connectivity index (χ0v) is 16.1. The van der Waals surface area contributed by atoms with Crippen LogP contribution in [0.3, 0.4) is 0 Å². The second-order valence-electron chi connectivity index (χ2n) is 6.52. The Morgan fingerprint density at radius 3 is 3.04 bits per heavy atom. The van der Waals surface area contributed by atoms with Crippen molar-refractivity contribution >= 4 is 11.6 Å². The molecule has 1 aliphatic heterocycles. The van der Waals surface area contributed by atoms with Gasteiger partial charge < -0.3 is 15.4 Å². The number of aromatic nitrogens is 3. The van der Waals surface area contributed by atoms with Crippen LogP contribution in [-0.2, 0) is 30.9 Å². The number of aryl methyl sites for hydroxylation is 1. The molecule has 0 amide bonds. The van der Waals surface area contributed by atoms with Crippen molar-refractivity contribution in [3.63, 3.8) is 0 Å². The molecule has 1 aliphatic rings. The summed E-state index contributed by atoms with van der Waals surface area (Å²) < 4.78 is 7.00. The van der Waals surface area contributed by atoms with Gasteiger partial charge in [-0.2, -0.15) is 5.10 Å². The Bertz CT molecular complexity index is 849. The number of nitrogens with zero attached hydrogens (tertiary/aromatic N) is 5. The highest BCUT2D eigenvalue weighted by molar-refractivity contribution is 5.80. The number of nitro benzene ring substituents is 1. The Hall–Kier alpha value is -3.01. The van der Waals surface area contributed by atoms with Gasteiger partial charge in [-0.05, 0) is 13.3 Å². The predicted octanol–water partition coefficient (Wildman–Crippen LogP) is 1.40. The first-order valence-electron chi connectivity index (χ1n) is 9.29. The first-order valence-corrected chi connectivity index (χ1v) is 9.29. The Labute approximate surface area is 163 Å². The van der Waals surface area contributed by atoms with Crippen LogP contribution in [0.5, 0.6) is 0 Å². The van der Waals surface area contributed by atoms with Gasteiger partial charge in [0.15, 0.2) is 11.8 Å². The highest BCUT2D eigenvalue weighted by Gasteiger charge is 2.22. The van der Waals surface area contributed by atoms with E-state index in [2.05, 4.69) is 25.7 Å². The van der Waals surface area contributed by atoms with E-state index >= 15 is 0 Å². The second kappa shape index (κ2) is 9.27. The molecule has 3 rings (SSSR count). The van der Waals surface area contributed by atoms with Crippen molar-refractivity contribution in [1.82, 2.24) is 25.4 Å². The summed E-state index contributed by atoms with van der Waals surface area (Å²) in [5.74, 6) is 2.29. The van der Waals surface area contributed by atoms with Crippen molar-refractivity contribution in [2.45, 2.75) is 45.5 Å². The normalized spacial score (nSPS) is 16.5. The maximum absolute atomic E-state index is 11.2. The molecule has 28 heavy (non-hydrogen) atoms. The topological polar surface area (TPSA) is 120 Å². The molecule has 1 unspecified atom stereocenters. The molecule has 2 N–H and O–H groups in total. The number of rotatable bonds is 7. The van der Waals surface area contributed by atoms with Gasteiger partial charge in [0.2, 0.25) is 0 Å². The van der Waals surface area contributed by atoms with Gasteiger partial charge in [-0.25, -0.2) is 14.7 Å². The van der Waals surface area contributed by atoms with Gasteiger partial charge >= 0.3 is 0 Å². The Kier molecular flexibility index (Phi) is 6.53. The van der Waals surface area contributed by atoms with Crippen LogP contribution in [0.15, 0.2) is 29.3 Å². The smallest absolute Gasteiger partial charge is 0.274 e. The average Bonchev–Trinajstić information content (AvgIpc) is 3.08. The van der Waals surface area contributed by atoms with Crippen molar-refractivity contribution in [1.29, 1.82) is 0 Å². The molecule has 0 radical (unpaired) electrons. The van der Waals surface area contributed by atoms with Crippen molar-refractivity contribution in [3.05, 3.63) is 51.6 Å². The number of nitro groups is 1. The molecule has 10 nitrogen and oxygen atoms in total. The molecule has 2 heterocycles. The molecule has 1 aromatic heterocycles. The van der Waals surface area contributed by atoms with Crippen LogP contribution in [0, 0.1) is 10.1 Å². The van der Waals surface area contributed by atoms with E-state index in [1.54, 1.807) is 25.3 Å². The average molecular weight is 387 g/mol. The monoisotopic (exact) mass is 387 g/mol. The van der Waals surface area contributed by atoms with Crippen LogP contribution in [0.2, 0.25) is 0 Å². The van der Waals surface area contributed by atoms with E-state index in [1.165, 1.54) is 6.07 Å². The number of methoxy groups -OCH3 is 1. The van der Waals surface area contributed by atoms with E-state index in [4.69, 9.17) is 4.74 Å². The zero-order valence-electron chi connectivity index (χ0n) is 16.1. The molecule has 0 bridgehead atoms. The minimum atomic E-state index is -0.379. The van der Waals surface area contributed by atoms with Crippen LogP contribution in [0.25, 0.3) is 0 Å². The number of nitrogens with one attached hydrogen (secondary N) is 2. The lowest BCUT2D eigenvalue weighted by Gasteiger charge is -2.25. The lowest BCUT2D eigenvalue weighted by atomic mass is 10.1. The molecule has 0 aliphatic carbocycles. The summed E-state index contributed by atoms with van der Waals surface area (Å²) in [4.78, 5) is 19.8. The van der Waals surface area contributed by atoms with E-state index < -0.39 is 0 Å². The quantitative estimate of drug-likeness (QED) is 0.319. The molecule has 2 aromatic rings. The summed E-state index contributed by atoms with van der Waals surface area (Å²) in [6, 6.07) is 6.81. The summed E-state index contributed by atoms with van der Waals surface area (Å²) in [6.07, 6.45) is 1.72. The van der Waals surface area contributed by atoms with Crippen molar-refractivity contribution < 1.29 is 9.66 Å². The van der Waals surface area contributed by atoms with Crippen LogP contribution in [-0.4, -0.2) is 45.3 Å². The number of guanidine groups is 1. The van der Waals surface area contributed by atoms with Crippen molar-refractivity contribution in [2.24, 2.45) is 4.99 Å². The van der Waals surface area contributed by atoms with Crippen LogP contribution < -0.4 is 10.6 Å². The number of hydrogen-bond acceptors (Lipinski definition) is 6. The third-order valence-corrected chi connectivity index (χ3v) is 4.46. The minimum Gasteiger partial charge on any atom is -0.377 e. The predicted molar refractivity (Wildman–Crippen MR) is 104 cm³/mol. The van der Waals surface area contributed by atoms with Crippen LogP contribution in [0.1, 0.15) is 30.6 Å². The van der Waals surface area contributed by atoms with Gasteiger partial charge in [-0.15, -0.1) is 0 Å². The maximum atomic E-state index is 11.2. The third kappa shape index (κ3) is 4.83. The minimum absolute atomic E-state index is 0.0812. The standard InChI is InChI=1S/C18H25N7O3/c1-3-19-18(20-10-13-6-4-5-7-15(13)25(26)27)21-14-8-9-17-22-16(12-28-2)23-24(17)11-14/h4-7,14H,3,8-12H2,1-2H3,(H2,19,20,21). The molecule has 1 aromatic carbocycles. The highest BCUT2D eigenvalue weighted by atomic mass is 16.6. The van der Waals surface area contributed by atoms with Gasteiger partial charge in [-0.1, -0.05) is 18.2 Å². The Balaban J connectivity index is 1.68. The summed E-state index contributed by atoms with van der Waals surface area (Å²) in [5.41, 5.74) is 0.661. The molecule has 0 spiro atoms. The van der Waals surface area contributed by atoms with Gasteiger partial charge in [0, 0.05) is 32.2 Å². The highest BCUT2D eigenvalue weighted by Crippen LogP contribution is 2.18. The molecular weight excluding hydrogens is 362 g/mol. The maximum Gasteiger partial charge on any atom is 0.274 e. The SMILES string of the molecule is CCNC(=NCc1ccccc1[N+](=O)[O-])NC1CCc2nc(COC)nn2C1. The molecule has 0 fully saturated rings. The number of hydrogen-bond donors (Lipinski definition) is 2. The van der Waals surface area contributed by atoms with Gasteiger partial charge in [0.25, 0.3) is 5.69 Å². The summed E-state index contributed by atoms with van der Waals surface area (Å²) in [6.45, 7) is 3.99. The van der Waals surface area contributed by atoms with Gasteiger partial charge in [0.1, 0.15) is 12.4 Å². The van der Waals surface area contributed by atoms with E-state index in [9.17, 15) is 10.1 Å². The molecule has 0 saturated heterocycles. The fourth-order valence-electron chi connectivity index (χ4n) is 3.17. The number of para-hydroxylation sites is 1. The molecular formula is C18H25N7O3. The number of ether oxygens (including phenoxy) is 1. The number of aliphatic imine (C=N–C) groups is 1. The van der Waals surface area contributed by atoms with Gasteiger partial charge in [-0.3, -0.25) is 10.1 Å². The first kappa shape index (κ1) is 19.7. The summed E-state index contributed by atoms with van der Waals surface area (Å²) in [5, 5.41) is 22.3. The van der Waals surface area contributed by atoms with Crippen molar-refractivity contribution in [2.75, 3.05) is 13.7 Å². The third-order valence-electron chi connectivity index (χ3n) is 4.46. The Morgan fingerprint density at radius 1 is 1.46 bits per heavy atom. The fraction of sp³-hybridized carbons (Fsp3) is 0.500. The van der Waals surface area contributed by atoms with E-state index in [1.807, 2.05) is 11.6 Å². The lowest BCUT2D eigenvalue weighted by molar-refractivity contribution is -0.385. The van der Waals surface area contributed by atoms with Crippen LogP contribution in [0.4, 0.5) is 5.69 Å². The fourth-order valence-corrected chi connectivity index (χ4v) is 3.17. The van der Waals surface area contributed by atoms with Crippen LogP contribution >= 0.6 is 0 Å². The molecule has 150 valence electrons. The lowest BCUT2D eigenvalue weighted by Crippen LogP contribution is -2.47. The first-order chi connectivity index (χ1) is 13.6. The molecule has 10 heteroatoms. The zero-order chi connectivity index (χ0) is 19.9. The number of benzene rings is 1. The largest absolute Gasteiger partial charge is 0.377 e. The Morgan fingerprint density at radius 2 is 2.29 bits per heavy atom. The van der Waals surface area contributed by atoms with Crippen molar-refractivity contribution in [3.8, 4) is 0 Å². The molecule has 1 atom stereocenters. The van der Waals surface area contributed by atoms with Gasteiger partial charge in [0.05, 0.1) is 23.6 Å². The summed E-state index contributed by atoms with van der Waals surface area (Å²) in [7, 11) is 1.63. The second-order valence-corrected chi connectivity index (χ2v) is 6.52.